The second-order valence-electron chi connectivity index (χ2n) is 6.74. The van der Waals surface area contributed by atoms with Crippen LogP contribution in [-0.2, 0) is 16.4 Å². The maximum absolute atomic E-state index is 12.8. The maximum Gasteiger partial charge on any atom is 0.252 e. The van der Waals surface area contributed by atoms with Gasteiger partial charge in [0.1, 0.15) is 0 Å². The highest BCUT2D eigenvalue weighted by molar-refractivity contribution is 7.89. The molecule has 0 bridgehead atoms. The lowest BCUT2D eigenvalue weighted by Gasteiger charge is -2.26. The summed E-state index contributed by atoms with van der Waals surface area (Å²) < 4.78 is 27.2. The molecule has 0 saturated carbocycles. The summed E-state index contributed by atoms with van der Waals surface area (Å²) in [5.74, 6) is -0.394. The molecule has 28 heavy (non-hydrogen) atoms. The van der Waals surface area contributed by atoms with E-state index in [1.54, 1.807) is 12.1 Å². The van der Waals surface area contributed by atoms with Gasteiger partial charge >= 0.3 is 0 Å². The minimum Gasteiger partial charge on any atom is -0.352 e. The summed E-state index contributed by atoms with van der Waals surface area (Å²) in [5, 5.41) is 3.68. The molecule has 2 aromatic rings. The third-order valence-corrected chi connectivity index (χ3v) is 7.22. The molecule has 1 heterocycles. The van der Waals surface area contributed by atoms with E-state index in [2.05, 4.69) is 5.32 Å². The molecule has 2 aromatic carbocycles. The van der Waals surface area contributed by atoms with Crippen LogP contribution >= 0.6 is 23.2 Å². The predicted molar refractivity (Wildman–Crippen MR) is 112 cm³/mol. The first kappa shape index (κ1) is 21.1. The zero-order valence-electron chi connectivity index (χ0n) is 15.3. The van der Waals surface area contributed by atoms with Gasteiger partial charge in [0, 0.05) is 24.7 Å². The summed E-state index contributed by atoms with van der Waals surface area (Å²) in [6.45, 7) is 1.42. The first-order valence-electron chi connectivity index (χ1n) is 9.20. The lowest BCUT2D eigenvalue weighted by molar-refractivity contribution is 0.0954. The zero-order chi connectivity index (χ0) is 20.1. The number of sulfonamides is 1. The van der Waals surface area contributed by atoms with Gasteiger partial charge in [-0.1, -0.05) is 41.8 Å². The van der Waals surface area contributed by atoms with Gasteiger partial charge in [0.25, 0.3) is 5.91 Å². The molecule has 1 fully saturated rings. The summed E-state index contributed by atoms with van der Waals surface area (Å²) in [7, 11) is -3.62. The van der Waals surface area contributed by atoms with E-state index in [-0.39, 0.29) is 15.5 Å². The van der Waals surface area contributed by atoms with E-state index in [0.29, 0.717) is 31.1 Å². The fourth-order valence-electron chi connectivity index (χ4n) is 3.16. The highest BCUT2D eigenvalue weighted by Crippen LogP contribution is 2.25. The first-order valence-corrected chi connectivity index (χ1v) is 11.4. The molecule has 0 radical (unpaired) electrons. The number of amides is 1. The molecule has 8 heteroatoms. The molecule has 0 aromatic heterocycles. The molecule has 0 atom stereocenters. The van der Waals surface area contributed by atoms with E-state index in [4.69, 9.17) is 23.2 Å². The van der Waals surface area contributed by atoms with Gasteiger partial charge in [0.15, 0.2) is 0 Å². The quantitative estimate of drug-likeness (QED) is 0.733. The van der Waals surface area contributed by atoms with Gasteiger partial charge in [-0.15, -0.1) is 0 Å². The van der Waals surface area contributed by atoms with Crippen LogP contribution < -0.4 is 5.32 Å². The van der Waals surface area contributed by atoms with Crippen LogP contribution in [0.5, 0.6) is 0 Å². The van der Waals surface area contributed by atoms with Gasteiger partial charge < -0.3 is 5.32 Å². The Morgan fingerprint density at radius 1 is 1.00 bits per heavy atom. The van der Waals surface area contributed by atoms with Crippen LogP contribution in [0.25, 0.3) is 0 Å². The van der Waals surface area contributed by atoms with Crippen LogP contribution in [0.1, 0.15) is 35.2 Å². The fraction of sp³-hybridized carbons (Fsp3) is 0.350. The summed E-state index contributed by atoms with van der Waals surface area (Å²) in [4.78, 5) is 12.6. The number of rotatable bonds is 6. The smallest absolute Gasteiger partial charge is 0.252 e. The van der Waals surface area contributed by atoms with E-state index in [9.17, 15) is 13.2 Å². The second-order valence-corrected chi connectivity index (χ2v) is 9.52. The standard InChI is InChI=1S/C20H22Cl2N2O3S/c21-16-6-4-15(5-7-16)10-11-23-20(25)18-14-17(8-9-19(18)22)28(26,27)24-12-2-1-3-13-24/h4-9,14H,1-3,10-13H2,(H,23,25). The van der Waals surface area contributed by atoms with Crippen LogP contribution in [0.2, 0.25) is 10.0 Å². The van der Waals surface area contributed by atoms with E-state index in [0.717, 1.165) is 24.8 Å². The molecular formula is C20H22Cl2N2O3S. The van der Waals surface area contributed by atoms with Crippen molar-refractivity contribution in [3.05, 3.63) is 63.6 Å². The van der Waals surface area contributed by atoms with Crippen molar-refractivity contribution in [3.63, 3.8) is 0 Å². The number of benzene rings is 2. The van der Waals surface area contributed by atoms with E-state index >= 15 is 0 Å². The van der Waals surface area contributed by atoms with Gasteiger partial charge in [0.05, 0.1) is 15.5 Å². The number of nitrogens with one attached hydrogen (secondary N) is 1. The van der Waals surface area contributed by atoms with Crippen LogP contribution in [0.3, 0.4) is 0 Å². The number of carbonyl (C=O) groups is 1. The molecule has 1 saturated heterocycles. The highest BCUT2D eigenvalue weighted by Gasteiger charge is 2.27. The van der Waals surface area contributed by atoms with Crippen molar-refractivity contribution in [2.45, 2.75) is 30.6 Å². The summed E-state index contributed by atoms with van der Waals surface area (Å²) in [6.07, 6.45) is 3.37. The maximum atomic E-state index is 12.8. The van der Waals surface area contributed by atoms with Gasteiger partial charge in [-0.3, -0.25) is 4.79 Å². The molecule has 0 aliphatic carbocycles. The van der Waals surface area contributed by atoms with Crippen LogP contribution in [0.15, 0.2) is 47.4 Å². The number of piperidine rings is 1. The third-order valence-electron chi connectivity index (χ3n) is 4.75. The molecule has 0 spiro atoms. The van der Waals surface area contributed by atoms with Crippen LogP contribution in [0, 0.1) is 0 Å². The second kappa shape index (κ2) is 9.27. The average Bonchev–Trinajstić information content (AvgIpc) is 2.70. The molecule has 1 aliphatic rings. The summed E-state index contributed by atoms with van der Waals surface area (Å²) >= 11 is 12.0. The van der Waals surface area contributed by atoms with Crippen LogP contribution in [-0.4, -0.2) is 38.3 Å². The lowest BCUT2D eigenvalue weighted by atomic mass is 10.1. The Morgan fingerprint density at radius 3 is 2.36 bits per heavy atom. The SMILES string of the molecule is O=C(NCCc1ccc(Cl)cc1)c1cc(S(=O)(=O)N2CCCCC2)ccc1Cl. The van der Waals surface area contributed by atoms with Gasteiger partial charge in [-0.25, -0.2) is 8.42 Å². The van der Waals surface area contributed by atoms with E-state index in [1.165, 1.54) is 22.5 Å². The topological polar surface area (TPSA) is 66.5 Å². The molecule has 3 rings (SSSR count). The van der Waals surface area contributed by atoms with Gasteiger partial charge in [-0.2, -0.15) is 4.31 Å². The number of carbonyl (C=O) groups excluding carboxylic acids is 1. The Bertz CT molecular complexity index is 940. The van der Waals surface area contributed by atoms with Crippen molar-refractivity contribution in [1.29, 1.82) is 0 Å². The van der Waals surface area contributed by atoms with E-state index < -0.39 is 15.9 Å². The number of hydrogen-bond donors (Lipinski definition) is 1. The molecular weight excluding hydrogens is 419 g/mol. The summed E-state index contributed by atoms with van der Waals surface area (Å²) in [6, 6.07) is 11.7. The Hall–Kier alpha value is -1.60. The molecule has 1 aliphatic heterocycles. The monoisotopic (exact) mass is 440 g/mol. The van der Waals surface area contributed by atoms with Gasteiger partial charge in [0.2, 0.25) is 10.0 Å². The molecule has 150 valence electrons. The van der Waals surface area contributed by atoms with Crippen molar-refractivity contribution in [3.8, 4) is 0 Å². The molecule has 5 nitrogen and oxygen atoms in total. The molecule has 0 unspecified atom stereocenters. The minimum absolute atomic E-state index is 0.0988. The van der Waals surface area contributed by atoms with Crippen molar-refractivity contribution in [2.24, 2.45) is 0 Å². The van der Waals surface area contributed by atoms with Crippen molar-refractivity contribution in [1.82, 2.24) is 9.62 Å². The Balaban J connectivity index is 1.69. The number of nitrogens with zero attached hydrogens (tertiary/aromatic N) is 1. The molecule has 1 amide bonds. The van der Waals surface area contributed by atoms with Crippen molar-refractivity contribution >= 4 is 39.1 Å². The highest BCUT2D eigenvalue weighted by atomic mass is 35.5. The van der Waals surface area contributed by atoms with Crippen molar-refractivity contribution in [2.75, 3.05) is 19.6 Å². The third kappa shape index (κ3) is 5.06. The van der Waals surface area contributed by atoms with Crippen LogP contribution in [0.4, 0.5) is 0 Å². The number of halogens is 2. The molecule has 1 N–H and O–H groups in total. The average molecular weight is 441 g/mol. The predicted octanol–water partition coefficient (Wildman–Crippen LogP) is 4.14. The first-order chi connectivity index (χ1) is 13.4. The summed E-state index contributed by atoms with van der Waals surface area (Å²) in [5.41, 5.74) is 1.20. The largest absolute Gasteiger partial charge is 0.352 e. The van der Waals surface area contributed by atoms with E-state index in [1.807, 2.05) is 12.1 Å². The number of hydrogen-bond acceptors (Lipinski definition) is 3. The fourth-order valence-corrected chi connectivity index (χ4v) is 5.03. The van der Waals surface area contributed by atoms with Crippen molar-refractivity contribution < 1.29 is 13.2 Å². The minimum atomic E-state index is -3.62. The zero-order valence-corrected chi connectivity index (χ0v) is 17.7. The Labute approximate surface area is 175 Å². The Morgan fingerprint density at radius 2 is 1.68 bits per heavy atom. The van der Waals surface area contributed by atoms with Gasteiger partial charge in [-0.05, 0) is 55.2 Å². The lowest BCUT2D eigenvalue weighted by Crippen LogP contribution is -2.35. The normalized spacial score (nSPS) is 15.4. The Kier molecular flexibility index (Phi) is 6.99.